The number of aromatic nitrogens is 9. The van der Waals surface area contributed by atoms with Gasteiger partial charge in [-0.25, -0.2) is 14.8 Å². The van der Waals surface area contributed by atoms with Crippen LogP contribution in [0, 0.1) is 0 Å². The number of nitrogens with one attached hydrogen (secondary N) is 3. The van der Waals surface area contributed by atoms with Crippen molar-refractivity contribution in [3.63, 3.8) is 0 Å². The third-order valence-corrected chi connectivity index (χ3v) is 3.03. The highest BCUT2D eigenvalue weighted by atomic mass is 35.5. The van der Waals surface area contributed by atoms with E-state index in [4.69, 9.17) is 21.4 Å². The predicted octanol–water partition coefficient (Wildman–Crippen LogP) is 0.692. The molecule has 15 heteroatoms. The summed E-state index contributed by atoms with van der Waals surface area (Å²) >= 11 is 5.76. The number of hydrogen-bond donors (Lipinski definition) is 5. The van der Waals surface area contributed by atoms with Crippen LogP contribution in [0.4, 0.5) is 0 Å². The lowest BCUT2D eigenvalue weighted by Gasteiger charge is -2.04. The number of halogens is 1. The summed E-state index contributed by atoms with van der Waals surface area (Å²) in [7, 11) is -4.54. The molecule has 0 aliphatic rings. The third-order valence-electron chi connectivity index (χ3n) is 2.36. The van der Waals surface area contributed by atoms with E-state index in [1.807, 2.05) is 0 Å². The molecule has 0 aliphatic heterocycles. The van der Waals surface area contributed by atoms with E-state index in [-0.39, 0.29) is 5.75 Å². The average Bonchev–Trinajstić information content (AvgIpc) is 3.32. The molecule has 0 fully saturated rings. The molecule has 4 aromatic rings. The summed E-state index contributed by atoms with van der Waals surface area (Å²) in [5.41, 5.74) is 0.697. The highest BCUT2D eigenvalue weighted by Crippen LogP contribution is 2.41. The molecule has 0 saturated heterocycles. The fourth-order valence-electron chi connectivity index (χ4n) is 1.53. The number of phosphoric acid groups is 1. The van der Waals surface area contributed by atoms with E-state index in [0.717, 1.165) is 0 Å². The number of hydrogen-bond acceptors (Lipinski definition) is 8. The number of tetrazole rings is 2. The molecular weight excluding hydrogens is 377 g/mol. The molecule has 0 atom stereocenters. The monoisotopic (exact) mass is 387 g/mol. The van der Waals surface area contributed by atoms with E-state index in [0.29, 0.717) is 15.9 Å². The highest BCUT2D eigenvalue weighted by molar-refractivity contribution is 7.46. The number of phosphoric ester groups is 1. The van der Waals surface area contributed by atoms with E-state index in [2.05, 4.69) is 50.8 Å². The maximum atomic E-state index is 10.7. The van der Waals surface area contributed by atoms with Crippen LogP contribution in [0.5, 0.6) is 5.75 Å². The molecule has 132 valence electrons. The van der Waals surface area contributed by atoms with Crippen molar-refractivity contribution in [3.05, 3.63) is 42.1 Å². The molecule has 5 N–H and O–H groups in total. The van der Waals surface area contributed by atoms with E-state index >= 15 is 0 Å². The van der Waals surface area contributed by atoms with Crippen LogP contribution in [-0.2, 0) is 4.57 Å². The van der Waals surface area contributed by atoms with Gasteiger partial charge >= 0.3 is 7.82 Å². The second-order valence-electron chi connectivity index (χ2n) is 4.05. The molecule has 0 amide bonds. The molecule has 13 nitrogen and oxygen atoms in total. The zero-order valence-corrected chi connectivity index (χ0v) is 13.8. The Bertz CT molecular complexity index is 847. The number of nitrogens with zero attached hydrogens (tertiary/aromatic N) is 6. The fourth-order valence-corrected chi connectivity index (χ4v) is 2.11. The molecular formula is C10H11ClN9O4P. The molecule has 3 aromatic heterocycles. The first kappa shape index (κ1) is 18.5. The largest absolute Gasteiger partial charge is 0.524 e. The normalized spacial score (nSPS) is 10.4. The first-order valence-corrected chi connectivity index (χ1v) is 8.22. The fraction of sp³-hybridized carbons (Fsp3) is 0. The van der Waals surface area contributed by atoms with Gasteiger partial charge in [-0.05, 0) is 39.1 Å². The van der Waals surface area contributed by atoms with Crippen LogP contribution in [0.1, 0.15) is 0 Å². The molecule has 0 saturated carbocycles. The molecule has 1 aromatic carbocycles. The molecule has 0 aliphatic carbocycles. The molecule has 4 rings (SSSR count). The second-order valence-corrected chi connectivity index (χ2v) is 5.65. The van der Waals surface area contributed by atoms with Crippen LogP contribution in [0.25, 0.3) is 10.9 Å². The van der Waals surface area contributed by atoms with Crippen LogP contribution < -0.4 is 4.52 Å². The second kappa shape index (κ2) is 8.84. The standard InChI is InChI=1S/C8H7ClNO4P.2CH2N4/c9-5-1-2-7-6(3-5)8(4-10-7)14-15(11,12)13;2*1-2-4-5-3-1/h1-4,10H,(H2,11,12,13);2*1H,(H,2,3,4,5). The van der Waals surface area contributed by atoms with Gasteiger partial charge in [-0.3, -0.25) is 9.79 Å². The third kappa shape index (κ3) is 6.64. The molecule has 0 unspecified atom stereocenters. The van der Waals surface area contributed by atoms with Crippen molar-refractivity contribution in [2.45, 2.75) is 0 Å². The molecule has 0 spiro atoms. The molecule has 25 heavy (non-hydrogen) atoms. The minimum absolute atomic E-state index is 0.0841. The van der Waals surface area contributed by atoms with Crippen LogP contribution in [-0.4, -0.2) is 56.0 Å². The summed E-state index contributed by atoms with van der Waals surface area (Å²) in [6, 6.07) is 4.93. The van der Waals surface area contributed by atoms with Gasteiger partial charge in [0, 0.05) is 22.1 Å². The number of benzene rings is 1. The lowest BCUT2D eigenvalue weighted by molar-refractivity contribution is 0.284. The summed E-state index contributed by atoms with van der Waals surface area (Å²) in [6.07, 6.45) is 4.18. The Labute approximate surface area is 144 Å². The Balaban J connectivity index is 0.000000182. The van der Waals surface area contributed by atoms with Gasteiger partial charge in [0.05, 0.1) is 0 Å². The maximum absolute atomic E-state index is 10.7. The molecule has 0 bridgehead atoms. The van der Waals surface area contributed by atoms with Crippen LogP contribution in [0.3, 0.4) is 0 Å². The Morgan fingerprint density at radius 1 is 1.08 bits per heavy atom. The van der Waals surface area contributed by atoms with Crippen LogP contribution in [0.15, 0.2) is 37.1 Å². The van der Waals surface area contributed by atoms with Gasteiger partial charge in [-0.15, -0.1) is 10.2 Å². The van der Waals surface area contributed by atoms with Gasteiger partial charge in [-0.1, -0.05) is 11.6 Å². The maximum Gasteiger partial charge on any atom is 0.524 e. The van der Waals surface area contributed by atoms with Crippen molar-refractivity contribution in [1.29, 1.82) is 0 Å². The van der Waals surface area contributed by atoms with Gasteiger partial charge in [0.15, 0.2) is 5.75 Å². The lowest BCUT2D eigenvalue weighted by Crippen LogP contribution is -1.88. The lowest BCUT2D eigenvalue weighted by atomic mass is 10.2. The summed E-state index contributed by atoms with van der Waals surface area (Å²) in [4.78, 5) is 20.1. The molecule has 3 heterocycles. The Morgan fingerprint density at radius 3 is 2.16 bits per heavy atom. The SMILES string of the molecule is O=P(O)(O)Oc1c[nH]c2ccc(Cl)cc12.c1nnn[nH]1.c1nnn[nH]1. The quantitative estimate of drug-likeness (QED) is 0.305. The number of aromatic amines is 3. The zero-order chi connectivity index (χ0) is 18.1. The first-order chi connectivity index (χ1) is 12.0. The minimum Gasteiger partial charge on any atom is -0.402 e. The van der Waals surface area contributed by atoms with Crippen molar-refractivity contribution in [1.82, 2.24) is 46.2 Å². The van der Waals surface area contributed by atoms with Crippen molar-refractivity contribution >= 4 is 30.3 Å². The number of H-pyrrole nitrogens is 3. The first-order valence-electron chi connectivity index (χ1n) is 6.31. The number of fused-ring (bicyclic) bond motifs is 1. The average molecular weight is 388 g/mol. The van der Waals surface area contributed by atoms with E-state index in [1.165, 1.54) is 18.9 Å². The molecule has 0 radical (unpaired) electrons. The van der Waals surface area contributed by atoms with Crippen molar-refractivity contribution in [2.75, 3.05) is 0 Å². The van der Waals surface area contributed by atoms with Crippen molar-refractivity contribution < 1.29 is 18.9 Å². The van der Waals surface area contributed by atoms with E-state index in [1.54, 1.807) is 18.2 Å². The van der Waals surface area contributed by atoms with Gasteiger partial charge < -0.3 is 9.51 Å². The topological polar surface area (TPSA) is 191 Å². The van der Waals surface area contributed by atoms with Gasteiger partial charge in [-0.2, -0.15) is 0 Å². The van der Waals surface area contributed by atoms with Gasteiger partial charge in [0.2, 0.25) is 0 Å². The van der Waals surface area contributed by atoms with E-state index < -0.39 is 7.82 Å². The van der Waals surface area contributed by atoms with Gasteiger partial charge in [0.1, 0.15) is 12.7 Å². The summed E-state index contributed by atoms with van der Waals surface area (Å²) in [5, 5.41) is 25.2. The minimum atomic E-state index is -4.54. The van der Waals surface area contributed by atoms with E-state index in [9.17, 15) is 4.57 Å². The van der Waals surface area contributed by atoms with Gasteiger partial charge in [0.25, 0.3) is 0 Å². The smallest absolute Gasteiger partial charge is 0.402 e. The van der Waals surface area contributed by atoms with Crippen molar-refractivity contribution in [2.24, 2.45) is 0 Å². The Hall–Kier alpha value is -2.86. The number of rotatable bonds is 2. The summed E-state index contributed by atoms with van der Waals surface area (Å²) in [6.45, 7) is 0. The Kier molecular flexibility index (Phi) is 6.54. The van der Waals surface area contributed by atoms with Crippen LogP contribution >= 0.6 is 19.4 Å². The Morgan fingerprint density at radius 2 is 1.72 bits per heavy atom. The van der Waals surface area contributed by atoms with Crippen LogP contribution in [0.2, 0.25) is 5.02 Å². The summed E-state index contributed by atoms with van der Waals surface area (Å²) < 4.78 is 15.1. The summed E-state index contributed by atoms with van der Waals surface area (Å²) in [5.74, 6) is 0.0841. The highest BCUT2D eigenvalue weighted by Gasteiger charge is 2.18. The predicted molar refractivity (Wildman–Crippen MR) is 84.3 cm³/mol. The zero-order valence-electron chi connectivity index (χ0n) is 12.2. The van der Waals surface area contributed by atoms with Crippen molar-refractivity contribution in [3.8, 4) is 5.75 Å².